The van der Waals surface area contributed by atoms with Crippen LogP contribution in [-0.4, -0.2) is 15.8 Å². The molecule has 2 aromatic heterocycles. The third-order valence-electron chi connectivity index (χ3n) is 14.2. The van der Waals surface area contributed by atoms with Crippen LogP contribution in [0.5, 0.6) is 0 Å². The van der Waals surface area contributed by atoms with E-state index in [-0.39, 0.29) is 6.71 Å². The molecule has 0 N–H and O–H groups in total. The molecule has 0 saturated carbocycles. The molecular formula is C64H42BN3S. The number of nitrogens with zero attached hydrogens (tertiary/aromatic N) is 3. The van der Waals surface area contributed by atoms with Crippen LogP contribution < -0.4 is 21.3 Å². The van der Waals surface area contributed by atoms with Crippen molar-refractivity contribution in [2.45, 2.75) is 9.79 Å². The van der Waals surface area contributed by atoms with Gasteiger partial charge in [0.2, 0.25) is 6.71 Å². The van der Waals surface area contributed by atoms with Gasteiger partial charge in [-0.15, -0.1) is 0 Å². The Kier molecular flexibility index (Phi) is 9.24. The summed E-state index contributed by atoms with van der Waals surface area (Å²) in [6.07, 6.45) is 0. The molecule has 14 rings (SSSR count). The minimum absolute atomic E-state index is 0.0234. The van der Waals surface area contributed by atoms with E-state index in [2.05, 4.69) is 269 Å². The molecule has 10 aromatic carbocycles. The van der Waals surface area contributed by atoms with E-state index in [9.17, 15) is 0 Å². The first kappa shape index (κ1) is 39.6. The SMILES string of the molecule is c1ccc(-c2c(-c3ccccc3)n(-c3ccc4c(c3)Sc3cccc5c3B4c3ccc(-n4c(-c6ccccc6)c(-c6ccccc6)c6ccccc64)cc3N5c3ccccc3)c3ccccc23)cc1. The highest BCUT2D eigenvalue weighted by Crippen LogP contribution is 2.47. The van der Waals surface area contributed by atoms with Gasteiger partial charge < -0.3 is 14.0 Å². The molecule has 3 nitrogen and oxygen atoms in total. The van der Waals surface area contributed by atoms with Gasteiger partial charge in [0, 0.05) is 60.1 Å². The predicted octanol–water partition coefficient (Wildman–Crippen LogP) is 15.0. The van der Waals surface area contributed by atoms with E-state index < -0.39 is 0 Å². The van der Waals surface area contributed by atoms with Crippen molar-refractivity contribution in [2.75, 3.05) is 4.90 Å². The molecule has 0 amide bonds. The number of anilines is 3. The molecule has 0 bridgehead atoms. The third kappa shape index (κ3) is 6.24. The quantitative estimate of drug-likeness (QED) is 0.148. The zero-order valence-corrected chi connectivity index (χ0v) is 38.4. The van der Waals surface area contributed by atoms with E-state index in [1.54, 1.807) is 0 Å². The summed E-state index contributed by atoms with van der Waals surface area (Å²) in [5.74, 6) is 0. The van der Waals surface area contributed by atoms with E-state index in [4.69, 9.17) is 0 Å². The topological polar surface area (TPSA) is 13.1 Å². The van der Waals surface area contributed by atoms with Gasteiger partial charge in [0.15, 0.2) is 0 Å². The first-order valence-corrected chi connectivity index (χ1v) is 24.5. The monoisotopic (exact) mass is 895 g/mol. The van der Waals surface area contributed by atoms with Gasteiger partial charge in [-0.25, -0.2) is 0 Å². The Morgan fingerprint density at radius 3 is 1.33 bits per heavy atom. The molecule has 2 aliphatic heterocycles. The average molecular weight is 896 g/mol. The lowest BCUT2D eigenvalue weighted by molar-refractivity contribution is 1.12. The molecule has 322 valence electrons. The summed E-state index contributed by atoms with van der Waals surface area (Å²) in [6.45, 7) is 0.0234. The van der Waals surface area contributed by atoms with Gasteiger partial charge in [-0.05, 0) is 93.8 Å². The number of benzene rings is 10. The maximum absolute atomic E-state index is 2.50. The van der Waals surface area contributed by atoms with Gasteiger partial charge in [0.1, 0.15) is 0 Å². The fourth-order valence-corrected chi connectivity index (χ4v) is 12.5. The van der Waals surface area contributed by atoms with Gasteiger partial charge in [-0.3, -0.25) is 0 Å². The number of hydrogen-bond donors (Lipinski definition) is 0. The molecule has 0 fully saturated rings. The van der Waals surface area contributed by atoms with Crippen LogP contribution in [0.15, 0.2) is 265 Å². The minimum atomic E-state index is 0.0234. The largest absolute Gasteiger partial charge is 0.311 e. The van der Waals surface area contributed by atoms with Crippen molar-refractivity contribution in [3.63, 3.8) is 0 Å². The first-order valence-electron chi connectivity index (χ1n) is 23.7. The summed E-state index contributed by atoms with van der Waals surface area (Å²) in [5.41, 5.74) is 21.8. The fraction of sp³-hybridized carbons (Fsp3) is 0. The van der Waals surface area contributed by atoms with Crippen LogP contribution in [0.4, 0.5) is 17.1 Å². The van der Waals surface area contributed by atoms with E-state index in [1.807, 2.05) is 11.8 Å². The summed E-state index contributed by atoms with van der Waals surface area (Å²) in [5, 5.41) is 2.47. The van der Waals surface area contributed by atoms with Gasteiger partial charge in [-0.1, -0.05) is 211 Å². The van der Waals surface area contributed by atoms with E-state index in [0.29, 0.717) is 0 Å². The second-order valence-corrected chi connectivity index (χ2v) is 19.1. The summed E-state index contributed by atoms with van der Waals surface area (Å²) < 4.78 is 4.99. The normalized spacial score (nSPS) is 12.5. The van der Waals surface area contributed by atoms with Crippen molar-refractivity contribution in [1.82, 2.24) is 9.13 Å². The van der Waals surface area contributed by atoms with Crippen molar-refractivity contribution in [3.8, 4) is 56.1 Å². The predicted molar refractivity (Wildman–Crippen MR) is 292 cm³/mol. The zero-order chi connectivity index (χ0) is 45.4. The van der Waals surface area contributed by atoms with Crippen LogP contribution in [0.2, 0.25) is 0 Å². The maximum Gasteiger partial charge on any atom is 0.249 e. The Labute approximate surface area is 406 Å². The Bertz CT molecular complexity index is 3920. The zero-order valence-electron chi connectivity index (χ0n) is 37.6. The Hall–Kier alpha value is -8.51. The van der Waals surface area contributed by atoms with Crippen molar-refractivity contribution < 1.29 is 0 Å². The summed E-state index contributed by atoms with van der Waals surface area (Å²) >= 11 is 1.90. The van der Waals surface area contributed by atoms with Crippen LogP contribution >= 0.6 is 11.8 Å². The van der Waals surface area contributed by atoms with Gasteiger partial charge >= 0.3 is 0 Å². The maximum atomic E-state index is 2.50. The summed E-state index contributed by atoms with van der Waals surface area (Å²) in [7, 11) is 0. The minimum Gasteiger partial charge on any atom is -0.311 e. The molecule has 0 unspecified atom stereocenters. The van der Waals surface area contributed by atoms with E-state index >= 15 is 0 Å². The molecule has 12 aromatic rings. The summed E-state index contributed by atoms with van der Waals surface area (Å²) in [6, 6.07) is 93.6. The molecule has 0 saturated heterocycles. The van der Waals surface area contributed by atoms with Gasteiger partial charge in [0.25, 0.3) is 0 Å². The highest BCUT2D eigenvalue weighted by molar-refractivity contribution is 8.00. The standard InChI is InChI=1S/C64H42BN3S/c1-6-21-43(22-7-1)60-50-31-16-18-33-54(50)67(63(60)45-25-10-3-11-26-45)48-37-39-52-57(41-48)66(47-29-14-5-15-30-47)56-35-20-36-58-62(56)65(52)53-40-38-49(42-59(53)69-58)68-55-34-19-17-32-51(55)61(44-23-8-2-9-24-44)64(68)46-27-12-4-13-28-46/h1-42H. The fourth-order valence-electron chi connectivity index (χ4n) is 11.3. The number of hydrogen-bond acceptors (Lipinski definition) is 2. The highest BCUT2D eigenvalue weighted by Gasteiger charge is 2.41. The number of rotatable bonds is 7. The Morgan fingerprint density at radius 1 is 0.319 bits per heavy atom. The lowest BCUT2D eigenvalue weighted by Crippen LogP contribution is -2.59. The Balaban J connectivity index is 1.000. The molecule has 0 aliphatic carbocycles. The number of fused-ring (bicyclic) bond motifs is 6. The van der Waals surface area contributed by atoms with Crippen molar-refractivity contribution in [1.29, 1.82) is 0 Å². The second kappa shape index (κ2) is 16.1. The molecular weight excluding hydrogens is 854 g/mol. The lowest BCUT2D eigenvalue weighted by atomic mass is 9.35. The van der Waals surface area contributed by atoms with Crippen LogP contribution in [0, 0.1) is 0 Å². The third-order valence-corrected chi connectivity index (χ3v) is 15.3. The molecule has 4 heterocycles. The summed E-state index contributed by atoms with van der Waals surface area (Å²) in [4.78, 5) is 5.07. The van der Waals surface area contributed by atoms with Crippen LogP contribution in [-0.2, 0) is 0 Å². The van der Waals surface area contributed by atoms with Crippen molar-refractivity contribution in [3.05, 3.63) is 255 Å². The second-order valence-electron chi connectivity index (χ2n) is 18.0. The number of aromatic nitrogens is 2. The van der Waals surface area contributed by atoms with Crippen molar-refractivity contribution >= 4 is 73.7 Å². The molecule has 0 atom stereocenters. The van der Waals surface area contributed by atoms with E-state index in [0.717, 1.165) is 17.1 Å². The Morgan fingerprint density at radius 2 is 0.783 bits per heavy atom. The highest BCUT2D eigenvalue weighted by atomic mass is 32.2. The van der Waals surface area contributed by atoms with Crippen LogP contribution in [0.25, 0.3) is 77.9 Å². The molecule has 0 spiro atoms. The lowest BCUT2D eigenvalue weighted by Gasteiger charge is -2.40. The van der Waals surface area contributed by atoms with Gasteiger partial charge in [0.05, 0.1) is 22.4 Å². The number of para-hydroxylation sites is 3. The first-order chi connectivity index (χ1) is 34.3. The van der Waals surface area contributed by atoms with Gasteiger partial charge in [-0.2, -0.15) is 0 Å². The average Bonchev–Trinajstić information content (AvgIpc) is 3.96. The molecule has 2 aliphatic rings. The molecule has 5 heteroatoms. The molecule has 0 radical (unpaired) electrons. The van der Waals surface area contributed by atoms with Crippen molar-refractivity contribution in [2.24, 2.45) is 0 Å². The van der Waals surface area contributed by atoms with Crippen LogP contribution in [0.3, 0.4) is 0 Å². The van der Waals surface area contributed by atoms with E-state index in [1.165, 1.54) is 104 Å². The van der Waals surface area contributed by atoms with Crippen LogP contribution in [0.1, 0.15) is 0 Å². The molecule has 69 heavy (non-hydrogen) atoms. The smallest absolute Gasteiger partial charge is 0.249 e.